The van der Waals surface area contributed by atoms with Gasteiger partial charge in [0.1, 0.15) is 6.54 Å². The van der Waals surface area contributed by atoms with Crippen LogP contribution in [-0.2, 0) is 11.3 Å². The molecule has 0 bridgehead atoms. The summed E-state index contributed by atoms with van der Waals surface area (Å²) in [6, 6.07) is 7.30. The van der Waals surface area contributed by atoms with Gasteiger partial charge in [-0.3, -0.25) is 9.59 Å². The predicted molar refractivity (Wildman–Crippen MR) is 76.2 cm³/mol. The third kappa shape index (κ3) is 3.02. The van der Waals surface area contributed by atoms with E-state index in [0.29, 0.717) is 5.39 Å². The van der Waals surface area contributed by atoms with Crippen molar-refractivity contribution in [2.45, 2.75) is 33.4 Å². The Kier molecular flexibility index (Phi) is 3.69. The van der Waals surface area contributed by atoms with Crippen molar-refractivity contribution in [2.75, 3.05) is 0 Å². The highest BCUT2D eigenvalue weighted by Crippen LogP contribution is 2.12. The number of aromatic nitrogens is 1. The Balaban J connectivity index is 2.42. The molecule has 4 heteroatoms. The van der Waals surface area contributed by atoms with Crippen molar-refractivity contribution >= 4 is 16.8 Å². The van der Waals surface area contributed by atoms with Crippen LogP contribution in [0.25, 0.3) is 10.9 Å². The van der Waals surface area contributed by atoms with Gasteiger partial charge in [-0.2, -0.15) is 0 Å². The Morgan fingerprint density at radius 1 is 1.32 bits per heavy atom. The van der Waals surface area contributed by atoms with Crippen molar-refractivity contribution < 1.29 is 4.79 Å². The lowest BCUT2D eigenvalue weighted by molar-refractivity contribution is -0.122. The van der Waals surface area contributed by atoms with Crippen LogP contribution in [0.4, 0.5) is 0 Å². The van der Waals surface area contributed by atoms with Gasteiger partial charge in [0, 0.05) is 23.7 Å². The molecule has 1 aromatic heterocycles. The molecule has 0 radical (unpaired) electrons. The van der Waals surface area contributed by atoms with Crippen LogP contribution in [0.15, 0.2) is 35.3 Å². The van der Waals surface area contributed by atoms with Gasteiger partial charge in [-0.05, 0) is 32.9 Å². The number of pyridine rings is 1. The summed E-state index contributed by atoms with van der Waals surface area (Å²) in [6.07, 6.45) is 1.67. The van der Waals surface area contributed by atoms with Crippen LogP contribution in [-0.4, -0.2) is 16.5 Å². The number of carbonyl (C=O) groups excluding carboxylic acids is 1. The van der Waals surface area contributed by atoms with Crippen molar-refractivity contribution in [3.8, 4) is 0 Å². The average Bonchev–Trinajstić information content (AvgIpc) is 2.32. The molecule has 19 heavy (non-hydrogen) atoms. The molecule has 1 heterocycles. The number of hydrogen-bond donors (Lipinski definition) is 1. The molecule has 0 aliphatic carbocycles. The summed E-state index contributed by atoms with van der Waals surface area (Å²) in [4.78, 5) is 23.6. The Morgan fingerprint density at radius 2 is 2.05 bits per heavy atom. The van der Waals surface area contributed by atoms with Crippen LogP contribution < -0.4 is 10.7 Å². The molecule has 1 amide bonds. The molecule has 2 aromatic rings. The van der Waals surface area contributed by atoms with Gasteiger partial charge in [-0.1, -0.05) is 11.6 Å². The van der Waals surface area contributed by atoms with Gasteiger partial charge in [0.05, 0.1) is 5.52 Å². The molecule has 1 aromatic carbocycles. The average molecular weight is 258 g/mol. The number of aryl methyl sites for hydroxylation is 1. The summed E-state index contributed by atoms with van der Waals surface area (Å²) in [6.45, 7) is 6.01. The molecule has 100 valence electrons. The van der Waals surface area contributed by atoms with Gasteiger partial charge in [0.15, 0.2) is 5.43 Å². The molecular formula is C15H18N2O2. The number of amides is 1. The molecular weight excluding hydrogens is 240 g/mol. The Labute approximate surface area is 112 Å². The second kappa shape index (κ2) is 5.26. The second-order valence-electron chi connectivity index (χ2n) is 5.05. The maximum absolute atomic E-state index is 11.8. The number of fused-ring (bicyclic) bond motifs is 1. The molecule has 0 fully saturated rings. The van der Waals surface area contributed by atoms with Gasteiger partial charge < -0.3 is 9.88 Å². The predicted octanol–water partition coefficient (Wildman–Crippen LogP) is 1.83. The summed E-state index contributed by atoms with van der Waals surface area (Å²) < 4.78 is 1.80. The fraction of sp³-hybridized carbons (Fsp3) is 0.333. The maximum Gasteiger partial charge on any atom is 0.240 e. The van der Waals surface area contributed by atoms with Crippen LogP contribution in [0, 0.1) is 6.92 Å². The second-order valence-corrected chi connectivity index (χ2v) is 5.05. The van der Waals surface area contributed by atoms with Gasteiger partial charge in [-0.15, -0.1) is 0 Å². The molecule has 0 saturated heterocycles. The lowest BCUT2D eigenvalue weighted by Crippen LogP contribution is -2.33. The van der Waals surface area contributed by atoms with Gasteiger partial charge in [0.25, 0.3) is 0 Å². The van der Waals surface area contributed by atoms with E-state index >= 15 is 0 Å². The molecule has 0 aliphatic rings. The molecule has 0 atom stereocenters. The molecule has 0 spiro atoms. The first kappa shape index (κ1) is 13.3. The van der Waals surface area contributed by atoms with Crippen molar-refractivity contribution in [1.82, 2.24) is 9.88 Å². The number of rotatable bonds is 3. The highest BCUT2D eigenvalue weighted by molar-refractivity contribution is 5.82. The zero-order valence-corrected chi connectivity index (χ0v) is 11.4. The molecule has 0 saturated carbocycles. The number of hydrogen-bond acceptors (Lipinski definition) is 2. The van der Waals surface area contributed by atoms with Crippen LogP contribution >= 0.6 is 0 Å². The van der Waals surface area contributed by atoms with Crippen molar-refractivity contribution in [3.05, 3.63) is 46.2 Å². The van der Waals surface area contributed by atoms with Crippen LogP contribution in [0.3, 0.4) is 0 Å². The lowest BCUT2D eigenvalue weighted by Gasteiger charge is -2.13. The van der Waals surface area contributed by atoms with Crippen molar-refractivity contribution in [1.29, 1.82) is 0 Å². The van der Waals surface area contributed by atoms with E-state index in [1.165, 1.54) is 6.07 Å². The Bertz CT molecular complexity index is 671. The topological polar surface area (TPSA) is 51.1 Å². The quantitative estimate of drug-likeness (QED) is 0.913. The maximum atomic E-state index is 11.8. The molecule has 2 rings (SSSR count). The number of benzene rings is 1. The summed E-state index contributed by atoms with van der Waals surface area (Å²) in [5.41, 5.74) is 1.81. The van der Waals surface area contributed by atoms with E-state index in [0.717, 1.165) is 11.1 Å². The van der Waals surface area contributed by atoms with Gasteiger partial charge in [0.2, 0.25) is 5.91 Å². The molecule has 1 N–H and O–H groups in total. The Morgan fingerprint density at radius 3 is 2.74 bits per heavy atom. The number of nitrogens with zero attached hydrogens (tertiary/aromatic N) is 1. The smallest absolute Gasteiger partial charge is 0.240 e. The summed E-state index contributed by atoms with van der Waals surface area (Å²) >= 11 is 0. The van der Waals surface area contributed by atoms with Gasteiger partial charge >= 0.3 is 0 Å². The van der Waals surface area contributed by atoms with E-state index in [1.54, 1.807) is 10.8 Å². The van der Waals surface area contributed by atoms with Crippen molar-refractivity contribution in [3.63, 3.8) is 0 Å². The first-order valence-corrected chi connectivity index (χ1v) is 6.36. The van der Waals surface area contributed by atoms with Crippen LogP contribution in [0.5, 0.6) is 0 Å². The van der Waals surface area contributed by atoms with E-state index in [2.05, 4.69) is 5.32 Å². The fourth-order valence-corrected chi connectivity index (χ4v) is 2.09. The first-order valence-electron chi connectivity index (χ1n) is 6.36. The van der Waals surface area contributed by atoms with E-state index in [9.17, 15) is 9.59 Å². The fourth-order valence-electron chi connectivity index (χ4n) is 2.09. The van der Waals surface area contributed by atoms with E-state index in [4.69, 9.17) is 0 Å². The molecule has 4 nitrogen and oxygen atoms in total. The van der Waals surface area contributed by atoms with Crippen LogP contribution in [0.1, 0.15) is 19.4 Å². The third-order valence-electron chi connectivity index (χ3n) is 2.90. The van der Waals surface area contributed by atoms with E-state index in [-0.39, 0.29) is 23.9 Å². The Hall–Kier alpha value is -2.10. The molecule has 0 unspecified atom stereocenters. The number of carbonyl (C=O) groups is 1. The summed E-state index contributed by atoms with van der Waals surface area (Å²) in [7, 11) is 0. The monoisotopic (exact) mass is 258 g/mol. The standard InChI is InChI=1S/C15H18N2O2/c1-10(2)16-15(19)9-17-7-6-14(18)12-8-11(3)4-5-13(12)17/h4-8,10H,9H2,1-3H3,(H,16,19). The van der Waals surface area contributed by atoms with Gasteiger partial charge in [-0.25, -0.2) is 0 Å². The highest BCUT2D eigenvalue weighted by Gasteiger charge is 2.07. The highest BCUT2D eigenvalue weighted by atomic mass is 16.2. The first-order chi connectivity index (χ1) is 8.97. The minimum Gasteiger partial charge on any atom is -0.352 e. The molecule has 0 aliphatic heterocycles. The zero-order valence-electron chi connectivity index (χ0n) is 11.4. The van der Waals surface area contributed by atoms with Crippen LogP contribution in [0.2, 0.25) is 0 Å². The lowest BCUT2D eigenvalue weighted by atomic mass is 10.1. The van der Waals surface area contributed by atoms with E-state index in [1.807, 2.05) is 39.0 Å². The van der Waals surface area contributed by atoms with E-state index < -0.39 is 0 Å². The van der Waals surface area contributed by atoms with Crippen molar-refractivity contribution in [2.24, 2.45) is 0 Å². The minimum absolute atomic E-state index is 0.0146. The minimum atomic E-state index is -0.0551. The summed E-state index contributed by atoms with van der Waals surface area (Å²) in [5, 5.41) is 3.50. The summed E-state index contributed by atoms with van der Waals surface area (Å²) in [5.74, 6) is -0.0551. The SMILES string of the molecule is Cc1ccc2c(c1)c(=O)ccn2CC(=O)NC(C)C. The largest absolute Gasteiger partial charge is 0.352 e. The zero-order chi connectivity index (χ0) is 14.0. The normalized spacial score (nSPS) is 10.9. The number of nitrogens with one attached hydrogen (secondary N) is 1. The third-order valence-corrected chi connectivity index (χ3v) is 2.90.